The largest absolute Gasteiger partial charge is 0.466 e. The summed E-state index contributed by atoms with van der Waals surface area (Å²) in [5.74, 6) is -0.365. The number of ether oxygens (including phenoxy) is 1. The molecule has 4 nitrogen and oxygen atoms in total. The van der Waals surface area contributed by atoms with Gasteiger partial charge < -0.3 is 4.74 Å². The monoisotopic (exact) mass is 296 g/mol. The molecule has 0 fully saturated rings. The van der Waals surface area contributed by atoms with Crippen molar-refractivity contribution in [2.24, 2.45) is 0 Å². The van der Waals surface area contributed by atoms with Crippen LogP contribution in [0.4, 0.5) is 0 Å². The summed E-state index contributed by atoms with van der Waals surface area (Å²) < 4.78 is 6.53. The van der Waals surface area contributed by atoms with Gasteiger partial charge in [-0.05, 0) is 25.5 Å². The van der Waals surface area contributed by atoms with Crippen molar-refractivity contribution in [3.05, 3.63) is 65.0 Å². The van der Waals surface area contributed by atoms with Crippen molar-refractivity contribution < 1.29 is 9.53 Å². The van der Waals surface area contributed by atoms with Crippen molar-refractivity contribution in [3.63, 3.8) is 0 Å². The number of hydrogen-bond acceptors (Lipinski definition) is 3. The number of methoxy groups -OCH3 is 1. The number of carbonyl (C=O) groups excluding carboxylic acids is 1. The maximum Gasteiger partial charge on any atom is 0.330 e. The molecule has 0 aliphatic carbocycles. The molecule has 0 amide bonds. The molecule has 2 rings (SSSR count). The Morgan fingerprint density at radius 2 is 1.95 bits per heavy atom. The second-order valence-electron chi connectivity index (χ2n) is 4.94. The fourth-order valence-corrected chi connectivity index (χ4v) is 2.20. The van der Waals surface area contributed by atoms with E-state index in [-0.39, 0.29) is 5.97 Å². The minimum Gasteiger partial charge on any atom is -0.466 e. The first-order valence-electron chi connectivity index (χ1n) is 7.13. The highest BCUT2D eigenvalue weighted by Gasteiger charge is 2.08. The van der Waals surface area contributed by atoms with Gasteiger partial charge in [0.05, 0.1) is 19.3 Å². The van der Waals surface area contributed by atoms with E-state index in [9.17, 15) is 4.79 Å². The van der Waals surface area contributed by atoms with E-state index in [1.165, 1.54) is 13.2 Å². The third kappa shape index (κ3) is 3.95. The van der Waals surface area contributed by atoms with Gasteiger partial charge in [-0.3, -0.25) is 4.68 Å². The Morgan fingerprint density at radius 3 is 2.64 bits per heavy atom. The molecule has 0 aliphatic heterocycles. The molecule has 0 bridgehead atoms. The smallest absolute Gasteiger partial charge is 0.330 e. The van der Waals surface area contributed by atoms with E-state index in [1.54, 1.807) is 6.08 Å². The summed E-state index contributed by atoms with van der Waals surface area (Å²) in [6.07, 6.45) is 7.31. The Kier molecular flexibility index (Phi) is 5.31. The van der Waals surface area contributed by atoms with Crippen molar-refractivity contribution in [2.45, 2.75) is 20.4 Å². The van der Waals surface area contributed by atoms with Gasteiger partial charge in [0.15, 0.2) is 0 Å². The standard InChI is InChI=1S/C18H20N2O2/c1-14-17(11-12-18(21)22-3)15(2)20(19-14)13-7-10-16-8-5-4-6-9-16/h4-12H,13H2,1-3H3/b10-7?,12-11+. The molecule has 0 aliphatic rings. The first-order chi connectivity index (χ1) is 10.6. The third-order valence-electron chi connectivity index (χ3n) is 3.41. The number of carbonyl (C=O) groups is 1. The molecule has 0 atom stereocenters. The number of hydrogen-bond donors (Lipinski definition) is 0. The van der Waals surface area contributed by atoms with Crippen molar-refractivity contribution in [1.82, 2.24) is 9.78 Å². The number of nitrogens with zero attached hydrogens (tertiary/aromatic N) is 2. The van der Waals surface area contributed by atoms with Crippen LogP contribution in [0, 0.1) is 13.8 Å². The van der Waals surface area contributed by atoms with E-state index < -0.39 is 0 Å². The molecule has 2 aromatic rings. The first-order valence-corrected chi connectivity index (χ1v) is 7.13. The van der Waals surface area contributed by atoms with E-state index in [1.807, 2.05) is 36.7 Å². The number of esters is 1. The van der Waals surface area contributed by atoms with Crippen molar-refractivity contribution in [2.75, 3.05) is 7.11 Å². The topological polar surface area (TPSA) is 44.1 Å². The number of rotatable bonds is 5. The Hall–Kier alpha value is -2.62. The lowest BCUT2D eigenvalue weighted by Gasteiger charge is -2.00. The highest BCUT2D eigenvalue weighted by Crippen LogP contribution is 2.15. The Morgan fingerprint density at radius 1 is 1.23 bits per heavy atom. The van der Waals surface area contributed by atoms with Gasteiger partial charge in [-0.25, -0.2) is 4.79 Å². The van der Waals surface area contributed by atoms with Gasteiger partial charge in [0, 0.05) is 17.3 Å². The SMILES string of the molecule is COC(=O)/C=C/c1c(C)nn(CC=Cc2ccccc2)c1C. The van der Waals surface area contributed by atoms with E-state index in [2.05, 4.69) is 34.1 Å². The van der Waals surface area contributed by atoms with E-state index >= 15 is 0 Å². The molecule has 0 unspecified atom stereocenters. The van der Waals surface area contributed by atoms with Crippen LogP contribution in [0.15, 0.2) is 42.5 Å². The van der Waals surface area contributed by atoms with Crippen LogP contribution in [0.1, 0.15) is 22.5 Å². The van der Waals surface area contributed by atoms with E-state index in [0.29, 0.717) is 6.54 Å². The molecular formula is C18H20N2O2. The summed E-state index contributed by atoms with van der Waals surface area (Å²) in [6.45, 7) is 4.61. The fourth-order valence-electron chi connectivity index (χ4n) is 2.20. The molecule has 1 aromatic carbocycles. The maximum atomic E-state index is 11.2. The molecule has 22 heavy (non-hydrogen) atoms. The van der Waals surface area contributed by atoms with Gasteiger partial charge in [0.2, 0.25) is 0 Å². The van der Waals surface area contributed by atoms with E-state index in [4.69, 9.17) is 0 Å². The first kappa shape index (κ1) is 15.8. The molecule has 1 heterocycles. The Labute approximate surface area is 130 Å². The lowest BCUT2D eigenvalue weighted by Crippen LogP contribution is -2.00. The lowest BCUT2D eigenvalue weighted by atomic mass is 10.2. The second-order valence-corrected chi connectivity index (χ2v) is 4.94. The molecular weight excluding hydrogens is 276 g/mol. The molecule has 1 aromatic heterocycles. The number of aryl methyl sites for hydroxylation is 1. The van der Waals surface area contributed by atoms with Crippen LogP contribution in [0.5, 0.6) is 0 Å². The van der Waals surface area contributed by atoms with Crippen LogP contribution in [-0.4, -0.2) is 22.9 Å². The lowest BCUT2D eigenvalue weighted by molar-refractivity contribution is -0.134. The van der Waals surface area contributed by atoms with Crippen LogP contribution in [-0.2, 0) is 16.1 Å². The van der Waals surface area contributed by atoms with Crippen LogP contribution in [0.2, 0.25) is 0 Å². The number of benzene rings is 1. The summed E-state index contributed by atoms with van der Waals surface area (Å²) >= 11 is 0. The second kappa shape index (κ2) is 7.41. The number of allylic oxidation sites excluding steroid dienone is 1. The van der Waals surface area contributed by atoms with Crippen LogP contribution >= 0.6 is 0 Å². The molecule has 0 spiro atoms. The summed E-state index contributed by atoms with van der Waals surface area (Å²) in [4.78, 5) is 11.2. The predicted octanol–water partition coefficient (Wildman–Crippen LogP) is 3.40. The predicted molar refractivity (Wildman–Crippen MR) is 88.2 cm³/mol. The summed E-state index contributed by atoms with van der Waals surface area (Å²) in [7, 11) is 1.37. The van der Waals surface area contributed by atoms with Gasteiger partial charge in [0.1, 0.15) is 0 Å². The zero-order valence-corrected chi connectivity index (χ0v) is 13.1. The summed E-state index contributed by atoms with van der Waals surface area (Å²) in [5, 5.41) is 4.51. The van der Waals surface area contributed by atoms with Gasteiger partial charge >= 0.3 is 5.97 Å². The molecule has 0 radical (unpaired) electrons. The van der Waals surface area contributed by atoms with E-state index in [0.717, 1.165) is 22.5 Å². The molecule has 0 N–H and O–H groups in total. The van der Waals surface area contributed by atoms with Crippen molar-refractivity contribution >= 4 is 18.1 Å². The average Bonchev–Trinajstić information content (AvgIpc) is 2.80. The summed E-state index contributed by atoms with van der Waals surface area (Å²) in [5.41, 5.74) is 4.04. The Bertz CT molecular complexity index is 697. The van der Waals surface area contributed by atoms with Gasteiger partial charge in [-0.15, -0.1) is 0 Å². The summed E-state index contributed by atoms with van der Waals surface area (Å²) in [6, 6.07) is 10.1. The van der Waals surface area contributed by atoms with Gasteiger partial charge in [-0.2, -0.15) is 5.10 Å². The van der Waals surface area contributed by atoms with Crippen LogP contribution in [0.25, 0.3) is 12.2 Å². The van der Waals surface area contributed by atoms with Gasteiger partial charge in [0.25, 0.3) is 0 Å². The van der Waals surface area contributed by atoms with Crippen molar-refractivity contribution in [1.29, 1.82) is 0 Å². The molecule has 0 saturated carbocycles. The highest BCUT2D eigenvalue weighted by molar-refractivity contribution is 5.87. The average molecular weight is 296 g/mol. The van der Waals surface area contributed by atoms with Crippen LogP contribution in [0.3, 0.4) is 0 Å². The highest BCUT2D eigenvalue weighted by atomic mass is 16.5. The minimum atomic E-state index is -0.365. The zero-order valence-electron chi connectivity index (χ0n) is 13.1. The van der Waals surface area contributed by atoms with Gasteiger partial charge in [-0.1, -0.05) is 42.5 Å². The zero-order chi connectivity index (χ0) is 15.9. The molecule has 4 heteroatoms. The quantitative estimate of drug-likeness (QED) is 0.627. The third-order valence-corrected chi connectivity index (χ3v) is 3.41. The minimum absolute atomic E-state index is 0.365. The normalized spacial score (nSPS) is 11.4. The fraction of sp³-hybridized carbons (Fsp3) is 0.222. The maximum absolute atomic E-state index is 11.2. The number of aromatic nitrogens is 2. The van der Waals surface area contributed by atoms with Crippen LogP contribution < -0.4 is 0 Å². The molecule has 114 valence electrons. The Balaban J connectivity index is 2.11. The molecule has 0 saturated heterocycles. The van der Waals surface area contributed by atoms with Crippen molar-refractivity contribution in [3.8, 4) is 0 Å².